The van der Waals surface area contributed by atoms with Gasteiger partial charge < -0.3 is 20.0 Å². The number of amides is 1. The summed E-state index contributed by atoms with van der Waals surface area (Å²) in [6, 6.07) is 15.5. The first-order valence-corrected chi connectivity index (χ1v) is 9.57. The predicted octanol–water partition coefficient (Wildman–Crippen LogP) is 3.58. The van der Waals surface area contributed by atoms with Crippen molar-refractivity contribution in [2.75, 3.05) is 7.11 Å². The van der Waals surface area contributed by atoms with Gasteiger partial charge in [0.15, 0.2) is 0 Å². The van der Waals surface area contributed by atoms with Crippen LogP contribution in [0.4, 0.5) is 0 Å². The Hall–Kier alpha value is -3.54. The zero-order valence-corrected chi connectivity index (χ0v) is 16.5. The molecule has 4 rings (SSSR count). The molecule has 0 saturated heterocycles. The topological polar surface area (TPSA) is 87.0 Å². The molecule has 2 heterocycles. The minimum absolute atomic E-state index is 0.0829. The van der Waals surface area contributed by atoms with Crippen molar-refractivity contribution in [1.29, 1.82) is 0 Å². The maximum atomic E-state index is 12.3. The summed E-state index contributed by atoms with van der Waals surface area (Å²) < 4.78 is 5.23. The molecule has 0 bridgehead atoms. The van der Waals surface area contributed by atoms with Gasteiger partial charge in [-0.05, 0) is 66.8 Å². The second kappa shape index (κ2) is 7.83. The lowest BCUT2D eigenvalue weighted by molar-refractivity contribution is -0.121. The molecule has 0 atom stereocenters. The predicted molar refractivity (Wildman–Crippen MR) is 114 cm³/mol. The first-order valence-electron chi connectivity index (χ1n) is 9.57. The lowest BCUT2D eigenvalue weighted by atomic mass is 10.1. The van der Waals surface area contributed by atoms with E-state index in [-0.39, 0.29) is 17.9 Å². The van der Waals surface area contributed by atoms with E-state index in [4.69, 9.17) is 4.74 Å². The molecule has 0 fully saturated rings. The number of carbonyl (C=O) groups is 1. The van der Waals surface area contributed by atoms with Crippen molar-refractivity contribution in [2.24, 2.45) is 0 Å². The standard InChI is InChI=1S/C23H23N3O3/c1-14-9-17-10-15(3-6-20(17)25-14)13-24-22(27)8-4-16-11-18-12-19(29-2)5-7-21(18)26-23(16)28/h3,5-7,9-12,25H,4,8,13H2,1-2H3,(H,24,27)(H,26,28). The van der Waals surface area contributed by atoms with Gasteiger partial charge in [0.05, 0.1) is 7.11 Å². The second-order valence-electron chi connectivity index (χ2n) is 7.23. The molecule has 3 N–H and O–H groups in total. The van der Waals surface area contributed by atoms with Crippen LogP contribution in [-0.2, 0) is 17.8 Å². The molecular formula is C23H23N3O3. The van der Waals surface area contributed by atoms with Crippen LogP contribution < -0.4 is 15.6 Å². The van der Waals surface area contributed by atoms with E-state index in [1.54, 1.807) is 13.2 Å². The van der Waals surface area contributed by atoms with Crippen LogP contribution in [0, 0.1) is 6.92 Å². The Morgan fingerprint density at radius 1 is 1.00 bits per heavy atom. The van der Waals surface area contributed by atoms with Crippen LogP contribution in [0.1, 0.15) is 23.2 Å². The molecule has 148 valence electrons. The molecule has 0 unspecified atom stereocenters. The Morgan fingerprint density at radius 3 is 2.59 bits per heavy atom. The van der Waals surface area contributed by atoms with Crippen molar-refractivity contribution in [3.8, 4) is 5.75 Å². The van der Waals surface area contributed by atoms with E-state index in [0.29, 0.717) is 18.5 Å². The number of aromatic nitrogens is 2. The molecular weight excluding hydrogens is 366 g/mol. The summed E-state index contributed by atoms with van der Waals surface area (Å²) >= 11 is 0. The average molecular weight is 389 g/mol. The molecule has 0 spiro atoms. The molecule has 2 aromatic carbocycles. The van der Waals surface area contributed by atoms with E-state index in [1.807, 2.05) is 37.3 Å². The number of rotatable bonds is 6. The highest BCUT2D eigenvalue weighted by Crippen LogP contribution is 2.19. The Balaban J connectivity index is 1.39. The number of carbonyl (C=O) groups excluding carboxylic acids is 1. The van der Waals surface area contributed by atoms with E-state index in [9.17, 15) is 9.59 Å². The number of aryl methyl sites for hydroxylation is 2. The van der Waals surface area contributed by atoms with E-state index in [0.717, 1.165) is 38.8 Å². The number of aromatic amines is 2. The first kappa shape index (κ1) is 18.8. The van der Waals surface area contributed by atoms with Gasteiger partial charge in [0.2, 0.25) is 5.91 Å². The van der Waals surface area contributed by atoms with Crippen molar-refractivity contribution in [2.45, 2.75) is 26.3 Å². The minimum Gasteiger partial charge on any atom is -0.497 e. The van der Waals surface area contributed by atoms with Gasteiger partial charge in [0.25, 0.3) is 5.56 Å². The van der Waals surface area contributed by atoms with Gasteiger partial charge in [-0.15, -0.1) is 0 Å². The lowest BCUT2D eigenvalue weighted by Crippen LogP contribution is -2.24. The minimum atomic E-state index is -0.163. The van der Waals surface area contributed by atoms with Gasteiger partial charge in [-0.3, -0.25) is 9.59 Å². The maximum Gasteiger partial charge on any atom is 0.251 e. The van der Waals surface area contributed by atoms with Crippen LogP contribution >= 0.6 is 0 Å². The number of methoxy groups -OCH3 is 1. The number of hydrogen-bond acceptors (Lipinski definition) is 3. The molecule has 0 saturated carbocycles. The number of benzene rings is 2. The maximum absolute atomic E-state index is 12.3. The molecule has 0 aliphatic rings. The molecule has 0 aliphatic carbocycles. The van der Waals surface area contributed by atoms with E-state index < -0.39 is 0 Å². The molecule has 1 amide bonds. The van der Waals surface area contributed by atoms with Gasteiger partial charge in [0, 0.05) is 40.6 Å². The largest absolute Gasteiger partial charge is 0.497 e. The smallest absolute Gasteiger partial charge is 0.251 e. The zero-order valence-electron chi connectivity index (χ0n) is 16.5. The van der Waals surface area contributed by atoms with Gasteiger partial charge in [0.1, 0.15) is 5.75 Å². The molecule has 2 aromatic heterocycles. The van der Waals surface area contributed by atoms with Crippen LogP contribution in [0.5, 0.6) is 5.75 Å². The highest BCUT2D eigenvalue weighted by Gasteiger charge is 2.08. The van der Waals surface area contributed by atoms with Gasteiger partial charge in [-0.25, -0.2) is 0 Å². The number of fused-ring (bicyclic) bond motifs is 2. The number of H-pyrrole nitrogens is 2. The number of ether oxygens (including phenoxy) is 1. The fourth-order valence-corrected chi connectivity index (χ4v) is 3.52. The van der Waals surface area contributed by atoms with E-state index >= 15 is 0 Å². The Labute approximate surface area is 167 Å². The zero-order chi connectivity index (χ0) is 20.4. The Morgan fingerprint density at radius 2 is 1.76 bits per heavy atom. The summed E-state index contributed by atoms with van der Waals surface area (Å²) in [7, 11) is 1.60. The van der Waals surface area contributed by atoms with Crippen molar-refractivity contribution >= 4 is 27.7 Å². The Bertz CT molecular complexity index is 1250. The van der Waals surface area contributed by atoms with Crippen molar-refractivity contribution in [3.05, 3.63) is 75.7 Å². The number of pyridine rings is 1. The Kier molecular flexibility index (Phi) is 5.08. The van der Waals surface area contributed by atoms with Gasteiger partial charge >= 0.3 is 0 Å². The van der Waals surface area contributed by atoms with Crippen LogP contribution in [0.15, 0.2) is 53.3 Å². The summed E-state index contributed by atoms with van der Waals surface area (Å²) in [6.45, 7) is 2.48. The number of hydrogen-bond donors (Lipinski definition) is 3. The molecule has 0 aliphatic heterocycles. The van der Waals surface area contributed by atoms with Crippen LogP contribution in [0.2, 0.25) is 0 Å². The fourth-order valence-electron chi connectivity index (χ4n) is 3.52. The molecule has 0 radical (unpaired) electrons. The fraction of sp³-hybridized carbons (Fsp3) is 0.217. The third-order valence-corrected chi connectivity index (χ3v) is 5.06. The SMILES string of the molecule is COc1ccc2[nH]c(=O)c(CCC(=O)NCc3ccc4[nH]c(C)cc4c3)cc2c1. The van der Waals surface area contributed by atoms with Crippen LogP contribution in [0.25, 0.3) is 21.8 Å². The van der Waals surface area contributed by atoms with Gasteiger partial charge in [-0.2, -0.15) is 0 Å². The summed E-state index contributed by atoms with van der Waals surface area (Å²) in [5, 5.41) is 4.95. The van der Waals surface area contributed by atoms with Crippen LogP contribution in [-0.4, -0.2) is 23.0 Å². The average Bonchev–Trinajstić information content (AvgIpc) is 3.09. The van der Waals surface area contributed by atoms with Crippen molar-refractivity contribution in [1.82, 2.24) is 15.3 Å². The van der Waals surface area contributed by atoms with E-state index in [2.05, 4.69) is 27.4 Å². The first-order chi connectivity index (χ1) is 14.0. The van der Waals surface area contributed by atoms with Crippen molar-refractivity contribution in [3.63, 3.8) is 0 Å². The number of nitrogens with one attached hydrogen (secondary N) is 3. The third kappa shape index (κ3) is 4.16. The lowest BCUT2D eigenvalue weighted by Gasteiger charge is -2.07. The molecule has 4 aromatic rings. The molecule has 6 heteroatoms. The van der Waals surface area contributed by atoms with Gasteiger partial charge in [-0.1, -0.05) is 6.07 Å². The highest BCUT2D eigenvalue weighted by molar-refractivity contribution is 5.82. The molecule has 29 heavy (non-hydrogen) atoms. The molecule has 6 nitrogen and oxygen atoms in total. The summed E-state index contributed by atoms with van der Waals surface area (Å²) in [4.78, 5) is 30.7. The monoisotopic (exact) mass is 389 g/mol. The third-order valence-electron chi connectivity index (χ3n) is 5.06. The van der Waals surface area contributed by atoms with Crippen molar-refractivity contribution < 1.29 is 9.53 Å². The summed E-state index contributed by atoms with van der Waals surface area (Å²) in [5.74, 6) is 0.642. The highest BCUT2D eigenvalue weighted by atomic mass is 16.5. The second-order valence-corrected chi connectivity index (χ2v) is 7.23. The summed E-state index contributed by atoms with van der Waals surface area (Å²) in [5.41, 5.74) is 4.41. The normalized spacial score (nSPS) is 11.1. The van der Waals surface area contributed by atoms with E-state index in [1.165, 1.54) is 0 Å². The van der Waals surface area contributed by atoms with Crippen LogP contribution in [0.3, 0.4) is 0 Å². The quantitative estimate of drug-likeness (QED) is 0.471. The summed E-state index contributed by atoms with van der Waals surface area (Å²) in [6.07, 6.45) is 0.633.